The Labute approximate surface area is 210 Å². The minimum atomic E-state index is -0.556. The number of rotatable bonds is 4. The van der Waals surface area contributed by atoms with Gasteiger partial charge in [0.05, 0.1) is 23.3 Å². The molecule has 0 spiro atoms. The number of halogens is 3. The summed E-state index contributed by atoms with van der Waals surface area (Å²) >= 11 is 10.4. The Morgan fingerprint density at radius 1 is 1.00 bits per heavy atom. The normalized spacial score (nSPS) is 14.4. The second-order valence-electron chi connectivity index (χ2n) is 6.39. The quantitative estimate of drug-likeness (QED) is 0.147. The topological polar surface area (TPSA) is 65.0 Å². The van der Waals surface area contributed by atoms with Gasteiger partial charge in [0.2, 0.25) is 5.90 Å². The number of esters is 2. The van der Waals surface area contributed by atoms with E-state index in [9.17, 15) is 9.59 Å². The second-order valence-corrected chi connectivity index (χ2v) is 9.12. The van der Waals surface area contributed by atoms with Crippen molar-refractivity contribution in [3.63, 3.8) is 0 Å². The Hall–Kier alpha value is -2.24. The van der Waals surface area contributed by atoms with E-state index in [1.165, 1.54) is 0 Å². The lowest BCUT2D eigenvalue weighted by atomic mass is 10.2. The standard InChI is InChI=1S/C23H12ClI2NO4/c24-16-9-5-4-8-15(16)21-27-19(23(29)31-21)12-13-10-17(25)20(18(26)11-13)30-22(28)14-6-2-1-3-7-14/h1-12H/b19-12-. The summed E-state index contributed by atoms with van der Waals surface area (Å²) in [5.41, 5.74) is 1.91. The van der Waals surface area contributed by atoms with Crippen molar-refractivity contribution in [2.75, 3.05) is 0 Å². The molecule has 0 fully saturated rings. The Morgan fingerprint density at radius 2 is 1.65 bits per heavy atom. The molecule has 0 radical (unpaired) electrons. The van der Waals surface area contributed by atoms with Crippen molar-refractivity contribution < 1.29 is 19.1 Å². The maximum atomic E-state index is 12.4. The molecular weight excluding hydrogens is 644 g/mol. The van der Waals surface area contributed by atoms with Crippen LogP contribution in [0.3, 0.4) is 0 Å². The Bertz CT molecular complexity index is 1230. The number of cyclic esters (lactones) is 1. The van der Waals surface area contributed by atoms with Crippen LogP contribution in [0.2, 0.25) is 5.02 Å². The van der Waals surface area contributed by atoms with Crippen LogP contribution in [0.5, 0.6) is 5.75 Å². The molecule has 154 valence electrons. The summed E-state index contributed by atoms with van der Waals surface area (Å²) in [4.78, 5) is 29.0. The van der Waals surface area contributed by atoms with Crippen LogP contribution in [0.1, 0.15) is 21.5 Å². The summed E-state index contributed by atoms with van der Waals surface area (Å²) in [7, 11) is 0. The van der Waals surface area contributed by atoms with Crippen molar-refractivity contribution in [1.29, 1.82) is 0 Å². The van der Waals surface area contributed by atoms with Gasteiger partial charge in [-0.15, -0.1) is 0 Å². The molecule has 0 amide bonds. The zero-order valence-electron chi connectivity index (χ0n) is 15.6. The van der Waals surface area contributed by atoms with Crippen LogP contribution < -0.4 is 4.74 Å². The van der Waals surface area contributed by atoms with Crippen molar-refractivity contribution >= 4 is 80.7 Å². The fourth-order valence-corrected chi connectivity index (χ4v) is 5.06. The molecule has 5 nitrogen and oxygen atoms in total. The van der Waals surface area contributed by atoms with Crippen LogP contribution in [-0.4, -0.2) is 17.8 Å². The molecule has 1 aliphatic rings. The average Bonchev–Trinajstić information content (AvgIpc) is 3.11. The third kappa shape index (κ3) is 4.99. The van der Waals surface area contributed by atoms with E-state index in [-0.39, 0.29) is 11.6 Å². The Kier molecular flexibility index (Phi) is 6.73. The van der Waals surface area contributed by atoms with Gasteiger partial charge in [0, 0.05) is 0 Å². The molecule has 8 heteroatoms. The SMILES string of the molecule is O=C1OC(c2ccccc2Cl)=N/C1=C\c1cc(I)c(OC(=O)c2ccccc2)c(I)c1. The highest BCUT2D eigenvalue weighted by Gasteiger charge is 2.25. The largest absolute Gasteiger partial charge is 0.421 e. The molecule has 0 N–H and O–H groups in total. The lowest BCUT2D eigenvalue weighted by Crippen LogP contribution is -2.10. The van der Waals surface area contributed by atoms with Gasteiger partial charge in [0.15, 0.2) is 11.4 Å². The van der Waals surface area contributed by atoms with Crippen molar-refractivity contribution in [2.24, 2.45) is 4.99 Å². The average molecular weight is 656 g/mol. The molecule has 3 aromatic rings. The van der Waals surface area contributed by atoms with Crippen molar-refractivity contribution in [1.82, 2.24) is 0 Å². The molecule has 0 saturated heterocycles. The van der Waals surface area contributed by atoms with Gasteiger partial charge in [-0.05, 0) is 93.2 Å². The van der Waals surface area contributed by atoms with E-state index in [0.717, 1.165) is 12.7 Å². The molecule has 0 bridgehead atoms. The lowest BCUT2D eigenvalue weighted by molar-refractivity contribution is -0.129. The number of benzene rings is 3. The molecule has 1 heterocycles. The number of carbonyl (C=O) groups excluding carboxylic acids is 2. The van der Waals surface area contributed by atoms with Crippen LogP contribution in [0.15, 0.2) is 77.4 Å². The van der Waals surface area contributed by atoms with Gasteiger partial charge >= 0.3 is 11.9 Å². The minimum Gasteiger partial charge on any atom is -0.421 e. The third-order valence-corrected chi connectivity index (χ3v) is 6.19. The highest BCUT2D eigenvalue weighted by atomic mass is 127. The van der Waals surface area contributed by atoms with E-state index < -0.39 is 11.9 Å². The number of hydrogen-bond donors (Lipinski definition) is 0. The van der Waals surface area contributed by atoms with Gasteiger partial charge in [0.25, 0.3) is 0 Å². The molecule has 1 aliphatic heterocycles. The summed E-state index contributed by atoms with van der Waals surface area (Å²) < 4.78 is 12.3. The van der Waals surface area contributed by atoms with E-state index in [0.29, 0.717) is 21.9 Å². The Balaban J connectivity index is 1.61. The van der Waals surface area contributed by atoms with Crippen molar-refractivity contribution in [3.8, 4) is 5.75 Å². The number of nitrogens with zero attached hydrogens (tertiary/aromatic N) is 1. The number of hydrogen-bond acceptors (Lipinski definition) is 5. The number of carbonyl (C=O) groups is 2. The summed E-state index contributed by atoms with van der Waals surface area (Å²) in [6, 6.07) is 19.4. The summed E-state index contributed by atoms with van der Waals surface area (Å²) in [5, 5.41) is 0.448. The van der Waals surface area contributed by atoms with Crippen LogP contribution in [0, 0.1) is 7.14 Å². The van der Waals surface area contributed by atoms with E-state index in [2.05, 4.69) is 50.2 Å². The molecule has 4 rings (SSSR count). The zero-order chi connectivity index (χ0) is 22.0. The predicted molar refractivity (Wildman–Crippen MR) is 135 cm³/mol. The maximum Gasteiger partial charge on any atom is 0.363 e. The van der Waals surface area contributed by atoms with Gasteiger partial charge in [-0.3, -0.25) is 0 Å². The number of ether oxygens (including phenoxy) is 2. The summed E-state index contributed by atoms with van der Waals surface area (Å²) in [6.45, 7) is 0. The zero-order valence-corrected chi connectivity index (χ0v) is 20.7. The fraction of sp³-hybridized carbons (Fsp3) is 0. The van der Waals surface area contributed by atoms with E-state index in [1.54, 1.807) is 66.7 Å². The molecule has 0 saturated carbocycles. The molecular formula is C23H12ClI2NO4. The van der Waals surface area contributed by atoms with E-state index in [4.69, 9.17) is 21.1 Å². The third-order valence-electron chi connectivity index (χ3n) is 4.25. The lowest BCUT2D eigenvalue weighted by Gasteiger charge is -2.10. The fourth-order valence-electron chi connectivity index (χ4n) is 2.80. The number of aliphatic imine (C=N–C) groups is 1. The molecule has 0 aliphatic carbocycles. The Morgan fingerprint density at radius 3 is 2.32 bits per heavy atom. The molecule has 3 aromatic carbocycles. The van der Waals surface area contributed by atoms with Gasteiger partial charge in [0.1, 0.15) is 0 Å². The monoisotopic (exact) mass is 655 g/mol. The highest BCUT2D eigenvalue weighted by molar-refractivity contribution is 14.1. The van der Waals surface area contributed by atoms with Crippen LogP contribution in [0.25, 0.3) is 6.08 Å². The predicted octanol–water partition coefficient (Wildman–Crippen LogP) is 6.11. The first-order valence-electron chi connectivity index (χ1n) is 8.96. The van der Waals surface area contributed by atoms with Crippen molar-refractivity contribution in [3.05, 3.63) is 101 Å². The first-order chi connectivity index (χ1) is 14.9. The summed E-state index contributed by atoms with van der Waals surface area (Å²) in [5.74, 6) is -0.360. The summed E-state index contributed by atoms with van der Waals surface area (Å²) in [6.07, 6.45) is 1.62. The van der Waals surface area contributed by atoms with Crippen molar-refractivity contribution in [2.45, 2.75) is 0 Å². The highest BCUT2D eigenvalue weighted by Crippen LogP contribution is 2.31. The first kappa shape index (κ1) is 22.0. The molecule has 0 aromatic heterocycles. The van der Waals surface area contributed by atoms with Gasteiger partial charge in [-0.1, -0.05) is 41.9 Å². The molecule has 31 heavy (non-hydrogen) atoms. The molecule has 0 unspecified atom stereocenters. The van der Waals surface area contributed by atoms with Gasteiger partial charge in [-0.2, -0.15) is 0 Å². The van der Waals surface area contributed by atoms with E-state index >= 15 is 0 Å². The molecule has 0 atom stereocenters. The van der Waals surface area contributed by atoms with Crippen LogP contribution in [-0.2, 0) is 9.53 Å². The first-order valence-corrected chi connectivity index (χ1v) is 11.5. The maximum absolute atomic E-state index is 12.4. The van der Waals surface area contributed by atoms with Crippen LogP contribution >= 0.6 is 56.8 Å². The smallest absolute Gasteiger partial charge is 0.363 e. The van der Waals surface area contributed by atoms with E-state index in [1.807, 2.05) is 6.07 Å². The second kappa shape index (κ2) is 9.49. The van der Waals surface area contributed by atoms with Gasteiger partial charge in [-0.25, -0.2) is 14.6 Å². The van der Waals surface area contributed by atoms with Gasteiger partial charge < -0.3 is 9.47 Å². The minimum absolute atomic E-state index is 0.163. The van der Waals surface area contributed by atoms with Crippen LogP contribution in [0.4, 0.5) is 0 Å².